The molecule has 1 aliphatic heterocycles. The van der Waals surface area contributed by atoms with E-state index >= 15 is 0 Å². The number of rotatable bonds is 7. The summed E-state index contributed by atoms with van der Waals surface area (Å²) < 4.78 is 5.89. The zero-order valence-corrected chi connectivity index (χ0v) is 18.1. The van der Waals surface area contributed by atoms with Crippen LogP contribution in [0.3, 0.4) is 0 Å². The van der Waals surface area contributed by atoms with Gasteiger partial charge in [-0.15, -0.1) is 0 Å². The molecule has 1 saturated heterocycles. The molecule has 2 aromatic rings. The van der Waals surface area contributed by atoms with E-state index in [0.29, 0.717) is 31.7 Å². The first kappa shape index (κ1) is 22.3. The molecule has 1 fully saturated rings. The lowest BCUT2D eigenvalue weighted by Gasteiger charge is -2.32. The molecule has 1 aromatic heterocycles. The predicted molar refractivity (Wildman–Crippen MR) is 120 cm³/mol. The van der Waals surface area contributed by atoms with Crippen molar-refractivity contribution in [1.29, 1.82) is 0 Å². The number of carboxylic acid groups (broad SMARTS) is 1. The molecular formula is C24H26N4O5. The highest BCUT2D eigenvalue weighted by Crippen LogP contribution is 2.23. The Balaban J connectivity index is 1.22. The first-order valence-corrected chi connectivity index (χ1v) is 10.9. The lowest BCUT2D eigenvalue weighted by molar-refractivity contribution is -0.131. The number of carbonyl (C=O) groups excluding carboxylic acids is 2. The fraction of sp³-hybridized carbons (Fsp3) is 0.333. The van der Waals surface area contributed by atoms with Crippen LogP contribution in [0, 0.1) is 0 Å². The fourth-order valence-electron chi connectivity index (χ4n) is 3.93. The smallest absolute Gasteiger partial charge is 0.335 e. The molecular weight excluding hydrogens is 424 g/mol. The summed E-state index contributed by atoms with van der Waals surface area (Å²) in [4.78, 5) is 37.7. The van der Waals surface area contributed by atoms with Gasteiger partial charge < -0.3 is 20.1 Å². The number of H-pyrrole nitrogens is 1. The highest BCUT2D eigenvalue weighted by atomic mass is 16.5. The van der Waals surface area contributed by atoms with E-state index in [-0.39, 0.29) is 35.7 Å². The molecule has 2 amide bonds. The maximum atomic E-state index is 12.5. The van der Waals surface area contributed by atoms with E-state index in [4.69, 9.17) is 9.84 Å². The van der Waals surface area contributed by atoms with Crippen molar-refractivity contribution < 1.29 is 24.2 Å². The Morgan fingerprint density at radius 1 is 1.18 bits per heavy atom. The van der Waals surface area contributed by atoms with E-state index in [2.05, 4.69) is 27.7 Å². The van der Waals surface area contributed by atoms with Crippen LogP contribution >= 0.6 is 0 Å². The van der Waals surface area contributed by atoms with E-state index < -0.39 is 11.9 Å². The number of amides is 2. The molecule has 33 heavy (non-hydrogen) atoms. The van der Waals surface area contributed by atoms with Crippen LogP contribution in [-0.2, 0) is 4.79 Å². The minimum atomic E-state index is -1.00. The van der Waals surface area contributed by atoms with E-state index in [9.17, 15) is 14.4 Å². The van der Waals surface area contributed by atoms with Crippen molar-refractivity contribution in [3.63, 3.8) is 0 Å². The summed E-state index contributed by atoms with van der Waals surface area (Å²) in [6.45, 7) is 0.914. The minimum Gasteiger partial charge on any atom is -0.490 e. The Bertz CT molecular complexity index is 1080. The van der Waals surface area contributed by atoms with Gasteiger partial charge in [0.2, 0.25) is 5.91 Å². The number of likely N-dealkylation sites (tertiary alicyclic amines) is 1. The number of aromatic nitrogens is 2. The van der Waals surface area contributed by atoms with Crippen LogP contribution in [0.4, 0.5) is 0 Å². The molecule has 1 aromatic carbocycles. The number of allylic oxidation sites excluding steroid dienone is 4. The average molecular weight is 450 g/mol. The second-order valence-electron chi connectivity index (χ2n) is 8.08. The highest BCUT2D eigenvalue weighted by Gasteiger charge is 2.25. The van der Waals surface area contributed by atoms with Crippen molar-refractivity contribution in [3.8, 4) is 5.75 Å². The number of nitrogens with one attached hydrogen (secondary N) is 2. The number of benzene rings is 1. The van der Waals surface area contributed by atoms with E-state index in [1.807, 2.05) is 12.2 Å². The molecule has 172 valence electrons. The highest BCUT2D eigenvalue weighted by molar-refractivity contribution is 5.95. The third-order valence-electron chi connectivity index (χ3n) is 5.79. The van der Waals surface area contributed by atoms with Gasteiger partial charge in [-0.05, 0) is 30.7 Å². The van der Waals surface area contributed by atoms with Gasteiger partial charge >= 0.3 is 5.97 Å². The molecule has 0 bridgehead atoms. The molecule has 0 saturated carbocycles. The van der Waals surface area contributed by atoms with Crippen LogP contribution in [0.25, 0.3) is 0 Å². The molecule has 9 heteroatoms. The quantitative estimate of drug-likeness (QED) is 0.595. The van der Waals surface area contributed by atoms with Crippen LogP contribution in [0.15, 0.2) is 54.6 Å². The first-order valence-electron chi connectivity index (χ1n) is 10.9. The Morgan fingerprint density at radius 3 is 2.73 bits per heavy atom. The van der Waals surface area contributed by atoms with Crippen molar-refractivity contribution in [2.45, 2.75) is 31.3 Å². The van der Waals surface area contributed by atoms with Gasteiger partial charge in [0.05, 0.1) is 12.1 Å². The van der Waals surface area contributed by atoms with Crippen LogP contribution in [0.5, 0.6) is 5.75 Å². The van der Waals surface area contributed by atoms with Gasteiger partial charge in [0, 0.05) is 37.5 Å². The summed E-state index contributed by atoms with van der Waals surface area (Å²) in [5, 5.41) is 18.7. The standard InChI is InChI=1S/C24H26N4O5/c29-22(15-25-23(30)21-14-20(26-27-21)16-5-2-1-3-6-16)28-11-9-18(10-12-28)33-19-8-4-7-17(13-19)24(31)32/h1-5,7-8,13-14,16,18H,6,9-12,15H2,(H,25,30)(H,26,27)(H,31,32). The van der Waals surface area contributed by atoms with Crippen LogP contribution < -0.4 is 10.1 Å². The third-order valence-corrected chi connectivity index (χ3v) is 5.79. The molecule has 0 spiro atoms. The van der Waals surface area contributed by atoms with Gasteiger partial charge in [0.25, 0.3) is 5.91 Å². The van der Waals surface area contributed by atoms with Gasteiger partial charge in [0.15, 0.2) is 0 Å². The normalized spacial score (nSPS) is 18.2. The molecule has 1 unspecified atom stereocenters. The number of carboxylic acids is 1. The van der Waals surface area contributed by atoms with Crippen molar-refractivity contribution in [3.05, 3.63) is 71.6 Å². The number of carbonyl (C=O) groups is 3. The molecule has 9 nitrogen and oxygen atoms in total. The molecule has 3 N–H and O–H groups in total. The first-order chi connectivity index (χ1) is 16.0. The molecule has 0 radical (unpaired) electrons. The monoisotopic (exact) mass is 450 g/mol. The summed E-state index contributed by atoms with van der Waals surface area (Å²) in [7, 11) is 0. The van der Waals surface area contributed by atoms with Crippen molar-refractivity contribution in [2.24, 2.45) is 0 Å². The van der Waals surface area contributed by atoms with E-state index in [1.54, 1.807) is 23.1 Å². The lowest BCUT2D eigenvalue weighted by atomic mass is 9.97. The van der Waals surface area contributed by atoms with E-state index in [1.165, 1.54) is 12.1 Å². The summed E-state index contributed by atoms with van der Waals surface area (Å²) in [6, 6.07) is 8.10. The van der Waals surface area contributed by atoms with Crippen LogP contribution in [-0.4, -0.2) is 63.7 Å². The molecule has 1 aliphatic carbocycles. The zero-order chi connectivity index (χ0) is 23.2. The summed E-state index contributed by atoms with van der Waals surface area (Å²) >= 11 is 0. The van der Waals surface area contributed by atoms with Gasteiger partial charge in [-0.2, -0.15) is 5.10 Å². The largest absolute Gasteiger partial charge is 0.490 e. The minimum absolute atomic E-state index is 0.0979. The number of aromatic amines is 1. The molecule has 2 aliphatic rings. The number of aromatic carboxylic acids is 1. The molecule has 1 atom stereocenters. The Labute approximate surface area is 191 Å². The van der Waals surface area contributed by atoms with Gasteiger partial charge in [-0.3, -0.25) is 14.7 Å². The third kappa shape index (κ3) is 5.68. The Hall–Kier alpha value is -3.88. The van der Waals surface area contributed by atoms with E-state index in [0.717, 1.165) is 12.1 Å². The Morgan fingerprint density at radius 2 is 2.00 bits per heavy atom. The number of hydrogen-bond acceptors (Lipinski definition) is 5. The Kier molecular flexibility index (Phi) is 6.87. The fourth-order valence-corrected chi connectivity index (χ4v) is 3.93. The van der Waals surface area contributed by atoms with Gasteiger partial charge in [-0.25, -0.2) is 4.79 Å². The second-order valence-corrected chi connectivity index (χ2v) is 8.08. The van der Waals surface area contributed by atoms with Gasteiger partial charge in [-0.1, -0.05) is 30.4 Å². The summed E-state index contributed by atoms with van der Waals surface area (Å²) in [5.74, 6) is -0.883. The topological polar surface area (TPSA) is 125 Å². The summed E-state index contributed by atoms with van der Waals surface area (Å²) in [6.07, 6.45) is 10.1. The average Bonchev–Trinajstić information content (AvgIpc) is 3.34. The molecule has 2 heterocycles. The number of piperidine rings is 1. The molecule has 4 rings (SSSR count). The number of hydrogen-bond donors (Lipinski definition) is 3. The van der Waals surface area contributed by atoms with Crippen molar-refractivity contribution in [2.75, 3.05) is 19.6 Å². The predicted octanol–water partition coefficient (Wildman–Crippen LogP) is 2.51. The van der Waals surface area contributed by atoms with Crippen molar-refractivity contribution >= 4 is 17.8 Å². The zero-order valence-electron chi connectivity index (χ0n) is 18.1. The maximum Gasteiger partial charge on any atom is 0.335 e. The number of ether oxygens (including phenoxy) is 1. The number of nitrogens with zero attached hydrogens (tertiary/aromatic N) is 2. The summed E-state index contributed by atoms with van der Waals surface area (Å²) in [5.41, 5.74) is 1.30. The van der Waals surface area contributed by atoms with Crippen LogP contribution in [0.2, 0.25) is 0 Å². The second kappa shape index (κ2) is 10.2. The van der Waals surface area contributed by atoms with Crippen LogP contribution in [0.1, 0.15) is 51.7 Å². The lowest BCUT2D eigenvalue weighted by Crippen LogP contribution is -2.46. The van der Waals surface area contributed by atoms with Gasteiger partial charge in [0.1, 0.15) is 17.5 Å². The van der Waals surface area contributed by atoms with Crippen molar-refractivity contribution in [1.82, 2.24) is 20.4 Å². The maximum absolute atomic E-state index is 12.5. The SMILES string of the molecule is O=C(O)c1cccc(OC2CCN(C(=O)CNC(=O)c3cc(C4C=CC=CC4)[nH]n3)CC2)c1.